The number of nitrogens with one attached hydrogen (secondary N) is 1. The fourth-order valence-electron chi connectivity index (χ4n) is 4.07. The van der Waals surface area contributed by atoms with Crippen molar-refractivity contribution in [1.29, 1.82) is 0 Å². The summed E-state index contributed by atoms with van der Waals surface area (Å²) in [5.74, 6) is -1.21. The van der Waals surface area contributed by atoms with Crippen LogP contribution in [-0.4, -0.2) is 33.0 Å². The zero-order valence-corrected chi connectivity index (χ0v) is 22.2. The van der Waals surface area contributed by atoms with Gasteiger partial charge in [0.15, 0.2) is 5.82 Å². The van der Waals surface area contributed by atoms with Gasteiger partial charge in [0, 0.05) is 35.5 Å². The van der Waals surface area contributed by atoms with E-state index in [4.69, 9.17) is 0 Å². The molecule has 0 bridgehead atoms. The molecular formula is C31H28F3N3O3. The fourth-order valence-corrected chi connectivity index (χ4v) is 4.07. The minimum Gasteiger partial charge on any atom is -0.480 e. The number of carboxylic acids is 1. The van der Waals surface area contributed by atoms with E-state index in [2.05, 4.69) is 36.1 Å². The van der Waals surface area contributed by atoms with Gasteiger partial charge in [-0.05, 0) is 46.4 Å². The van der Waals surface area contributed by atoms with Gasteiger partial charge in [0.25, 0.3) is 5.91 Å². The van der Waals surface area contributed by atoms with E-state index in [-0.39, 0.29) is 11.8 Å². The van der Waals surface area contributed by atoms with Gasteiger partial charge in [-0.2, -0.15) is 13.2 Å². The van der Waals surface area contributed by atoms with Crippen molar-refractivity contribution in [2.75, 3.05) is 0 Å². The molecule has 9 heteroatoms. The van der Waals surface area contributed by atoms with Crippen molar-refractivity contribution in [2.45, 2.75) is 44.8 Å². The van der Waals surface area contributed by atoms with Crippen molar-refractivity contribution in [3.63, 3.8) is 0 Å². The Hall–Kier alpha value is -4.53. The van der Waals surface area contributed by atoms with Crippen LogP contribution < -0.4 is 5.32 Å². The predicted molar refractivity (Wildman–Crippen MR) is 146 cm³/mol. The van der Waals surface area contributed by atoms with E-state index in [1.807, 2.05) is 12.1 Å². The number of hydrogen-bond acceptors (Lipinski definition) is 4. The molecule has 4 rings (SSSR count). The average molecular weight is 548 g/mol. The van der Waals surface area contributed by atoms with Gasteiger partial charge in [0.1, 0.15) is 6.04 Å². The lowest BCUT2D eigenvalue weighted by Gasteiger charge is -2.19. The van der Waals surface area contributed by atoms with E-state index in [0.717, 1.165) is 17.7 Å². The Morgan fingerprint density at radius 3 is 1.80 bits per heavy atom. The minimum atomic E-state index is -4.40. The molecule has 0 aliphatic carbocycles. The molecule has 0 aliphatic heterocycles. The highest BCUT2D eigenvalue weighted by molar-refractivity contribution is 5.96. The molecular weight excluding hydrogens is 519 g/mol. The number of benzene rings is 3. The van der Waals surface area contributed by atoms with Gasteiger partial charge in [-0.1, -0.05) is 69.3 Å². The van der Waals surface area contributed by atoms with Gasteiger partial charge in [-0.25, -0.2) is 14.8 Å². The number of carboxylic acid groups (broad SMARTS) is 1. The zero-order valence-electron chi connectivity index (χ0n) is 22.2. The van der Waals surface area contributed by atoms with Crippen LogP contribution >= 0.6 is 0 Å². The molecule has 1 amide bonds. The van der Waals surface area contributed by atoms with Gasteiger partial charge in [0.05, 0.1) is 5.56 Å². The molecule has 1 aromatic heterocycles. The first-order valence-electron chi connectivity index (χ1n) is 12.5. The molecule has 0 saturated heterocycles. The summed E-state index contributed by atoms with van der Waals surface area (Å²) in [6, 6.07) is 17.7. The van der Waals surface area contributed by atoms with Crippen LogP contribution in [0, 0.1) is 0 Å². The fraction of sp³-hybridized carbons (Fsp3) is 0.226. The van der Waals surface area contributed by atoms with Gasteiger partial charge in [-0.15, -0.1) is 0 Å². The molecule has 0 saturated carbocycles. The summed E-state index contributed by atoms with van der Waals surface area (Å²) < 4.78 is 38.4. The number of halogens is 3. The highest BCUT2D eigenvalue weighted by atomic mass is 19.4. The van der Waals surface area contributed by atoms with E-state index in [1.165, 1.54) is 24.5 Å². The second kappa shape index (κ2) is 11.3. The number of nitrogens with zero attached hydrogens (tertiary/aromatic N) is 2. The molecule has 6 nitrogen and oxygen atoms in total. The summed E-state index contributed by atoms with van der Waals surface area (Å²) >= 11 is 0. The summed E-state index contributed by atoms with van der Waals surface area (Å²) in [7, 11) is 0. The average Bonchev–Trinajstić information content (AvgIpc) is 2.92. The lowest BCUT2D eigenvalue weighted by atomic mass is 9.86. The van der Waals surface area contributed by atoms with Crippen LogP contribution in [0.3, 0.4) is 0 Å². The van der Waals surface area contributed by atoms with Crippen LogP contribution in [0.5, 0.6) is 0 Å². The Labute approximate surface area is 229 Å². The molecule has 0 aliphatic rings. The highest BCUT2D eigenvalue weighted by Crippen LogP contribution is 2.31. The summed E-state index contributed by atoms with van der Waals surface area (Å²) in [5, 5.41) is 12.3. The van der Waals surface area contributed by atoms with Crippen molar-refractivity contribution in [3.8, 4) is 22.5 Å². The van der Waals surface area contributed by atoms with E-state index in [9.17, 15) is 27.9 Å². The zero-order chi connectivity index (χ0) is 29.1. The normalized spacial score (nSPS) is 12.6. The molecule has 40 heavy (non-hydrogen) atoms. The second-order valence-electron chi connectivity index (χ2n) is 10.5. The Morgan fingerprint density at radius 2 is 1.30 bits per heavy atom. The van der Waals surface area contributed by atoms with E-state index in [1.54, 1.807) is 36.4 Å². The van der Waals surface area contributed by atoms with Gasteiger partial charge in [0.2, 0.25) is 0 Å². The van der Waals surface area contributed by atoms with Crippen molar-refractivity contribution < 1.29 is 27.9 Å². The molecule has 4 aromatic rings. The smallest absolute Gasteiger partial charge is 0.416 e. The molecule has 1 heterocycles. The summed E-state index contributed by atoms with van der Waals surface area (Å²) in [5.41, 5.74) is 3.16. The minimum absolute atomic E-state index is 0.0656. The van der Waals surface area contributed by atoms with Gasteiger partial charge in [-0.3, -0.25) is 4.79 Å². The molecule has 2 N–H and O–H groups in total. The predicted octanol–water partition coefficient (Wildman–Crippen LogP) is 6.55. The molecule has 3 aromatic carbocycles. The molecule has 1 unspecified atom stereocenters. The van der Waals surface area contributed by atoms with Gasteiger partial charge < -0.3 is 10.4 Å². The third-order valence-corrected chi connectivity index (χ3v) is 6.47. The highest BCUT2D eigenvalue weighted by Gasteiger charge is 2.30. The Balaban J connectivity index is 1.41. The quantitative estimate of drug-likeness (QED) is 0.274. The van der Waals surface area contributed by atoms with Crippen molar-refractivity contribution in [1.82, 2.24) is 15.3 Å². The summed E-state index contributed by atoms with van der Waals surface area (Å²) in [6.45, 7) is 6.20. The number of hydrogen-bond donors (Lipinski definition) is 2. The largest absolute Gasteiger partial charge is 0.480 e. The third kappa shape index (κ3) is 6.91. The van der Waals surface area contributed by atoms with Crippen LogP contribution in [0.2, 0.25) is 0 Å². The first-order valence-corrected chi connectivity index (χ1v) is 12.5. The number of carbonyl (C=O) groups is 2. The Kier molecular flexibility index (Phi) is 8.04. The van der Waals surface area contributed by atoms with Crippen LogP contribution in [0.4, 0.5) is 13.2 Å². The number of carbonyl (C=O) groups excluding carboxylic acids is 1. The maximum atomic E-state index is 12.8. The third-order valence-electron chi connectivity index (χ3n) is 6.47. The van der Waals surface area contributed by atoms with Crippen molar-refractivity contribution >= 4 is 11.9 Å². The van der Waals surface area contributed by atoms with Crippen molar-refractivity contribution in [2.24, 2.45) is 0 Å². The van der Waals surface area contributed by atoms with Crippen LogP contribution in [0.1, 0.15) is 47.8 Å². The van der Waals surface area contributed by atoms with Crippen molar-refractivity contribution in [3.05, 3.63) is 107 Å². The number of rotatable bonds is 7. The lowest BCUT2D eigenvalue weighted by Crippen LogP contribution is -2.42. The topological polar surface area (TPSA) is 92.2 Å². The first-order chi connectivity index (χ1) is 18.8. The lowest BCUT2D eigenvalue weighted by molar-refractivity contribution is -0.139. The standard InChI is InChI=1S/C31H28F3N3O3/c1-30(2,3)24-12-10-22(11-13-24)28(38)37-26(29(39)40)16-19-4-6-21(7-5-19)27-35-17-23(18-36-27)20-8-14-25(15-9-20)31(32,33)34/h4-15,17-18,26H,16H2,1-3H3,(H,37,38)(H,39,40). The van der Waals surface area contributed by atoms with Gasteiger partial charge >= 0.3 is 12.1 Å². The number of aromatic nitrogens is 2. The molecule has 1 atom stereocenters. The molecule has 206 valence electrons. The van der Waals surface area contributed by atoms with E-state index >= 15 is 0 Å². The monoisotopic (exact) mass is 547 g/mol. The number of aliphatic carboxylic acids is 1. The Morgan fingerprint density at radius 1 is 0.775 bits per heavy atom. The number of alkyl halides is 3. The maximum absolute atomic E-state index is 12.8. The Bertz CT molecular complexity index is 1480. The molecule has 0 fully saturated rings. The molecule has 0 radical (unpaired) electrons. The summed E-state index contributed by atoms with van der Waals surface area (Å²) in [6.07, 6.45) is -1.26. The van der Waals surface area contributed by atoms with Crippen LogP contribution in [0.25, 0.3) is 22.5 Å². The second-order valence-corrected chi connectivity index (χ2v) is 10.5. The van der Waals surface area contributed by atoms with E-state index in [0.29, 0.717) is 33.6 Å². The first kappa shape index (κ1) is 28.5. The van der Waals surface area contributed by atoms with E-state index < -0.39 is 29.7 Å². The van der Waals surface area contributed by atoms with Crippen LogP contribution in [-0.2, 0) is 22.8 Å². The SMILES string of the molecule is CC(C)(C)c1ccc(C(=O)NC(Cc2ccc(-c3ncc(-c4ccc(C(F)(F)F)cc4)cn3)cc2)C(=O)O)cc1. The number of amides is 1. The summed E-state index contributed by atoms with van der Waals surface area (Å²) in [4.78, 5) is 33.2. The maximum Gasteiger partial charge on any atom is 0.416 e. The van der Waals surface area contributed by atoms with Crippen LogP contribution in [0.15, 0.2) is 85.2 Å². The molecule has 0 spiro atoms.